The summed E-state index contributed by atoms with van der Waals surface area (Å²) in [7, 11) is 0. The van der Waals surface area contributed by atoms with Crippen molar-refractivity contribution in [3.8, 4) is 16.9 Å². The van der Waals surface area contributed by atoms with E-state index in [-0.39, 0.29) is 12.5 Å². The van der Waals surface area contributed by atoms with E-state index in [4.69, 9.17) is 5.10 Å². The van der Waals surface area contributed by atoms with E-state index in [1.807, 2.05) is 39.0 Å². The zero-order valence-electron chi connectivity index (χ0n) is 20.9. The number of nitrogens with one attached hydrogen (secondary N) is 1. The van der Waals surface area contributed by atoms with Crippen molar-refractivity contribution in [1.82, 2.24) is 29.9 Å². The molecule has 0 saturated heterocycles. The minimum absolute atomic E-state index is 0.173. The summed E-state index contributed by atoms with van der Waals surface area (Å²) < 4.78 is 56.8. The first-order valence-electron chi connectivity index (χ1n) is 12.1. The lowest BCUT2D eigenvalue weighted by atomic mass is 9.96. The average Bonchev–Trinajstić information content (AvgIpc) is 3.49. The molecule has 1 aliphatic heterocycles. The quantitative estimate of drug-likeness (QED) is 0.302. The number of benzene rings is 2. The topological polar surface area (TPSA) is 75.5 Å². The van der Waals surface area contributed by atoms with Gasteiger partial charge in [0.1, 0.15) is 5.82 Å². The molecule has 0 aliphatic carbocycles. The highest BCUT2D eigenvalue weighted by atomic mass is 19.4. The van der Waals surface area contributed by atoms with Crippen molar-refractivity contribution in [2.24, 2.45) is 0 Å². The molecule has 5 aromatic rings. The Morgan fingerprint density at radius 3 is 2.37 bits per heavy atom. The maximum atomic E-state index is 15.8. The van der Waals surface area contributed by atoms with Crippen LogP contribution >= 0.6 is 0 Å². The summed E-state index contributed by atoms with van der Waals surface area (Å²) in [5, 5.41) is 12.7. The van der Waals surface area contributed by atoms with Gasteiger partial charge < -0.3 is 4.90 Å². The number of hydrogen-bond acceptors (Lipinski definition) is 5. The van der Waals surface area contributed by atoms with Crippen molar-refractivity contribution in [2.45, 2.75) is 39.9 Å². The highest BCUT2D eigenvalue weighted by Gasteiger charge is 2.33. The first-order chi connectivity index (χ1) is 18.1. The van der Waals surface area contributed by atoms with Gasteiger partial charge in [0.15, 0.2) is 0 Å². The van der Waals surface area contributed by atoms with Gasteiger partial charge in [-0.3, -0.25) is 5.10 Å². The zero-order valence-corrected chi connectivity index (χ0v) is 20.9. The van der Waals surface area contributed by atoms with Crippen LogP contribution in [0, 0.1) is 26.6 Å². The van der Waals surface area contributed by atoms with Crippen molar-refractivity contribution in [1.29, 1.82) is 0 Å². The standard InChI is InChI=1S/C27H23F4N7/c1-14-5-4-6-15(2)24(14)38-25(22-18-12-34-35-23(18)16(3)9-20(22)28)19-13-37(8-7-21(19)36-38)26-32-10-17(11-33-26)27(29,30)31/h4-6,9-12H,7-8,13H2,1-3H3,(H,34,35). The molecule has 3 aromatic heterocycles. The number of halogens is 4. The molecule has 11 heteroatoms. The fourth-order valence-corrected chi connectivity index (χ4v) is 5.21. The third kappa shape index (κ3) is 3.80. The highest BCUT2D eigenvalue weighted by molar-refractivity contribution is 5.97. The summed E-state index contributed by atoms with van der Waals surface area (Å²) in [5.74, 6) is -0.234. The van der Waals surface area contributed by atoms with E-state index in [0.29, 0.717) is 29.6 Å². The van der Waals surface area contributed by atoms with E-state index in [9.17, 15) is 13.2 Å². The van der Waals surface area contributed by atoms with E-state index in [2.05, 4.69) is 20.2 Å². The van der Waals surface area contributed by atoms with Crippen LogP contribution < -0.4 is 4.90 Å². The van der Waals surface area contributed by atoms with Gasteiger partial charge in [0.25, 0.3) is 0 Å². The summed E-state index contributed by atoms with van der Waals surface area (Å²) >= 11 is 0. The van der Waals surface area contributed by atoms with Crippen LogP contribution in [-0.2, 0) is 19.1 Å². The molecule has 194 valence electrons. The number of hydrogen-bond donors (Lipinski definition) is 1. The summed E-state index contributed by atoms with van der Waals surface area (Å²) in [6.45, 7) is 6.49. The van der Waals surface area contributed by atoms with E-state index >= 15 is 4.39 Å². The van der Waals surface area contributed by atoms with Crippen LogP contribution in [0.15, 0.2) is 42.9 Å². The molecule has 2 aromatic carbocycles. The SMILES string of the molecule is Cc1cccc(C)c1-n1nc2c(c1-c1c(F)cc(C)c3[nH]ncc13)CN(c1ncc(C(F)(F)F)cn1)CC2. The number of rotatable bonds is 3. The molecule has 0 radical (unpaired) electrons. The molecule has 7 nitrogen and oxygen atoms in total. The van der Waals surface area contributed by atoms with Gasteiger partial charge in [-0.1, -0.05) is 18.2 Å². The molecule has 0 saturated carbocycles. The lowest BCUT2D eigenvalue weighted by Crippen LogP contribution is -2.31. The van der Waals surface area contributed by atoms with Crippen molar-refractivity contribution in [3.05, 3.63) is 82.2 Å². The Morgan fingerprint density at radius 1 is 0.974 bits per heavy atom. The van der Waals surface area contributed by atoms with Gasteiger partial charge in [0.05, 0.1) is 34.4 Å². The second-order valence-electron chi connectivity index (χ2n) is 9.58. The Kier molecular flexibility index (Phi) is 5.48. The molecule has 0 spiro atoms. The number of para-hydroxylation sites is 1. The van der Waals surface area contributed by atoms with Crippen molar-refractivity contribution in [3.63, 3.8) is 0 Å². The molecule has 0 amide bonds. The molecule has 1 aliphatic rings. The fraction of sp³-hybridized carbons (Fsp3) is 0.259. The molecule has 4 heterocycles. The lowest BCUT2D eigenvalue weighted by Gasteiger charge is -2.27. The zero-order chi connectivity index (χ0) is 26.8. The monoisotopic (exact) mass is 521 g/mol. The van der Waals surface area contributed by atoms with Gasteiger partial charge in [-0.05, 0) is 43.5 Å². The Balaban J connectivity index is 1.56. The first kappa shape index (κ1) is 24.1. The van der Waals surface area contributed by atoms with Gasteiger partial charge in [-0.25, -0.2) is 19.0 Å². The lowest BCUT2D eigenvalue weighted by molar-refractivity contribution is -0.138. The molecule has 0 fully saturated rings. The van der Waals surface area contributed by atoms with E-state index < -0.39 is 17.6 Å². The third-order valence-electron chi connectivity index (χ3n) is 7.06. The average molecular weight is 522 g/mol. The van der Waals surface area contributed by atoms with E-state index in [1.54, 1.807) is 15.8 Å². The number of alkyl halides is 3. The van der Waals surface area contributed by atoms with Crippen LogP contribution in [0.25, 0.3) is 27.8 Å². The summed E-state index contributed by atoms with van der Waals surface area (Å²) in [6, 6.07) is 7.40. The van der Waals surface area contributed by atoms with E-state index in [0.717, 1.165) is 51.5 Å². The molecular formula is C27H23F4N7. The predicted molar refractivity (Wildman–Crippen MR) is 135 cm³/mol. The highest BCUT2D eigenvalue weighted by Crippen LogP contribution is 2.40. The van der Waals surface area contributed by atoms with Crippen LogP contribution in [0.4, 0.5) is 23.5 Å². The van der Waals surface area contributed by atoms with Crippen LogP contribution in [0.5, 0.6) is 0 Å². The van der Waals surface area contributed by atoms with Crippen LogP contribution in [-0.4, -0.2) is 36.5 Å². The number of aromatic nitrogens is 6. The number of aryl methyl sites for hydroxylation is 3. The molecule has 38 heavy (non-hydrogen) atoms. The molecule has 1 N–H and O–H groups in total. The predicted octanol–water partition coefficient (Wildman–Crippen LogP) is 5.85. The van der Waals surface area contributed by atoms with Gasteiger partial charge in [0, 0.05) is 48.4 Å². The number of aromatic amines is 1. The Morgan fingerprint density at radius 2 is 1.68 bits per heavy atom. The minimum Gasteiger partial charge on any atom is -0.336 e. The number of fused-ring (bicyclic) bond motifs is 2. The number of anilines is 1. The largest absolute Gasteiger partial charge is 0.419 e. The van der Waals surface area contributed by atoms with Gasteiger partial charge in [-0.2, -0.15) is 23.4 Å². The maximum absolute atomic E-state index is 15.8. The van der Waals surface area contributed by atoms with Crippen LogP contribution in [0.1, 0.15) is 33.5 Å². The molecule has 6 rings (SSSR count). The normalized spacial score (nSPS) is 13.8. The van der Waals surface area contributed by atoms with Gasteiger partial charge in [0.2, 0.25) is 5.95 Å². The van der Waals surface area contributed by atoms with Gasteiger partial charge in [-0.15, -0.1) is 0 Å². The second kappa shape index (κ2) is 8.64. The van der Waals surface area contributed by atoms with E-state index in [1.165, 1.54) is 6.07 Å². The summed E-state index contributed by atoms with van der Waals surface area (Å²) in [5.41, 5.74) is 5.86. The fourth-order valence-electron chi connectivity index (χ4n) is 5.21. The Bertz CT molecular complexity index is 1660. The Hall–Kier alpha value is -4.28. The first-order valence-corrected chi connectivity index (χ1v) is 12.1. The van der Waals surface area contributed by atoms with Crippen LogP contribution in [0.2, 0.25) is 0 Å². The maximum Gasteiger partial charge on any atom is 0.419 e. The molecular weight excluding hydrogens is 498 g/mol. The second-order valence-corrected chi connectivity index (χ2v) is 9.58. The van der Waals surface area contributed by atoms with Crippen molar-refractivity contribution in [2.75, 3.05) is 11.4 Å². The Labute approximate surface area is 215 Å². The van der Waals surface area contributed by atoms with Crippen molar-refractivity contribution >= 4 is 16.9 Å². The molecule has 0 atom stereocenters. The summed E-state index contributed by atoms with van der Waals surface area (Å²) in [4.78, 5) is 9.77. The van der Waals surface area contributed by atoms with Gasteiger partial charge >= 0.3 is 6.18 Å². The van der Waals surface area contributed by atoms with Crippen molar-refractivity contribution < 1.29 is 17.6 Å². The molecule has 0 bridgehead atoms. The third-order valence-corrected chi connectivity index (χ3v) is 7.06. The molecule has 0 unspecified atom stereocenters. The summed E-state index contributed by atoms with van der Waals surface area (Å²) in [6.07, 6.45) is -0.852. The number of H-pyrrole nitrogens is 1. The smallest absolute Gasteiger partial charge is 0.336 e. The minimum atomic E-state index is -4.52. The number of nitrogens with zero attached hydrogens (tertiary/aromatic N) is 6. The van der Waals surface area contributed by atoms with Crippen LogP contribution in [0.3, 0.4) is 0 Å².